The lowest BCUT2D eigenvalue weighted by atomic mass is 10.1. The minimum atomic E-state index is -1.22. The lowest BCUT2D eigenvalue weighted by Crippen LogP contribution is -2.16. The molecule has 3 N–H and O–H groups in total. The number of hydrogen-bond donors (Lipinski definition) is 3. The van der Waals surface area contributed by atoms with Crippen molar-refractivity contribution >= 4 is 17.3 Å². The molecule has 0 bridgehead atoms. The van der Waals surface area contributed by atoms with Crippen molar-refractivity contribution in [3.8, 4) is 0 Å². The molecule has 19 heavy (non-hydrogen) atoms. The first-order valence-corrected chi connectivity index (χ1v) is 5.82. The van der Waals surface area contributed by atoms with Crippen LogP contribution in [0.5, 0.6) is 0 Å². The molecule has 0 amide bonds. The van der Waals surface area contributed by atoms with Gasteiger partial charge in [-0.15, -0.1) is 0 Å². The van der Waals surface area contributed by atoms with Crippen molar-refractivity contribution in [2.75, 3.05) is 18.5 Å². The summed E-state index contributed by atoms with van der Waals surface area (Å²) in [5, 5.41) is 31.5. The zero-order valence-electron chi connectivity index (χ0n) is 10.5. The Morgan fingerprint density at radius 3 is 2.74 bits per heavy atom. The highest BCUT2D eigenvalue weighted by Crippen LogP contribution is 2.28. The zero-order chi connectivity index (χ0) is 14.4. The smallest absolute Gasteiger partial charge is 0.338 e. The first-order valence-electron chi connectivity index (χ1n) is 5.82. The molecule has 0 fully saturated rings. The average Bonchev–Trinajstić information content (AvgIpc) is 2.35. The molecule has 1 unspecified atom stereocenters. The molecule has 0 heterocycles. The Labute approximate surface area is 110 Å². The van der Waals surface area contributed by atoms with Gasteiger partial charge in [-0.1, -0.05) is 13.0 Å². The van der Waals surface area contributed by atoms with E-state index in [1.165, 1.54) is 18.2 Å². The summed E-state index contributed by atoms with van der Waals surface area (Å²) < 4.78 is 0. The summed E-state index contributed by atoms with van der Waals surface area (Å²) in [5.41, 5.74) is -0.397. The number of aliphatic hydroxyl groups excluding tert-OH is 1. The van der Waals surface area contributed by atoms with Gasteiger partial charge in [-0.2, -0.15) is 0 Å². The molecule has 0 spiro atoms. The highest BCUT2D eigenvalue weighted by molar-refractivity contribution is 5.96. The molecule has 0 aromatic heterocycles. The van der Waals surface area contributed by atoms with E-state index in [-0.39, 0.29) is 29.5 Å². The SMILES string of the molecule is CC(CCO)CNc1c(C(=O)O)cccc1[N+](=O)[O-]. The maximum absolute atomic E-state index is 11.1. The van der Waals surface area contributed by atoms with Gasteiger partial charge in [0.05, 0.1) is 10.5 Å². The van der Waals surface area contributed by atoms with Crippen LogP contribution < -0.4 is 5.32 Å². The molecule has 0 aliphatic heterocycles. The number of carboxylic acid groups (broad SMARTS) is 1. The fourth-order valence-electron chi connectivity index (χ4n) is 1.66. The van der Waals surface area contributed by atoms with Gasteiger partial charge in [-0.25, -0.2) is 4.79 Å². The highest BCUT2D eigenvalue weighted by Gasteiger charge is 2.21. The Hall–Kier alpha value is -2.15. The molecule has 0 saturated heterocycles. The Bertz CT molecular complexity index is 443. The summed E-state index contributed by atoms with van der Waals surface area (Å²) >= 11 is 0. The number of aliphatic hydroxyl groups is 1. The van der Waals surface area contributed by atoms with E-state index in [4.69, 9.17) is 10.2 Å². The van der Waals surface area contributed by atoms with Crippen molar-refractivity contribution in [3.05, 3.63) is 33.9 Å². The third-order valence-electron chi connectivity index (χ3n) is 2.72. The standard InChI is InChI=1S/C12H16N2O5/c1-8(5-6-15)7-13-11-9(12(16)17)3-2-4-10(11)14(18)19/h2-4,8,13,15H,5-7H2,1H3,(H,16,17). The summed E-state index contributed by atoms with van der Waals surface area (Å²) in [6, 6.07) is 3.91. The van der Waals surface area contributed by atoms with Crippen LogP contribution in [-0.2, 0) is 0 Å². The van der Waals surface area contributed by atoms with Crippen LogP contribution >= 0.6 is 0 Å². The van der Waals surface area contributed by atoms with Crippen molar-refractivity contribution in [1.29, 1.82) is 0 Å². The summed E-state index contributed by atoms with van der Waals surface area (Å²) in [6.45, 7) is 2.23. The summed E-state index contributed by atoms with van der Waals surface area (Å²) in [6.07, 6.45) is 0.538. The molecule has 1 atom stereocenters. The number of carbonyl (C=O) groups is 1. The number of aromatic carboxylic acids is 1. The van der Waals surface area contributed by atoms with E-state index in [0.717, 1.165) is 0 Å². The van der Waals surface area contributed by atoms with Gasteiger partial charge >= 0.3 is 5.97 Å². The average molecular weight is 268 g/mol. The summed E-state index contributed by atoms with van der Waals surface area (Å²) in [5.74, 6) is -1.15. The summed E-state index contributed by atoms with van der Waals surface area (Å²) in [7, 11) is 0. The van der Waals surface area contributed by atoms with Crippen molar-refractivity contribution < 1.29 is 19.9 Å². The first-order chi connectivity index (χ1) is 8.97. The Balaban J connectivity index is 3.01. The van der Waals surface area contributed by atoms with Gasteiger partial charge in [-0.3, -0.25) is 10.1 Å². The number of hydrogen-bond acceptors (Lipinski definition) is 5. The number of nitrogens with zero attached hydrogens (tertiary/aromatic N) is 1. The molecule has 104 valence electrons. The van der Waals surface area contributed by atoms with E-state index in [0.29, 0.717) is 13.0 Å². The number of benzene rings is 1. The number of nitro groups is 1. The van der Waals surface area contributed by atoms with Crippen molar-refractivity contribution in [3.63, 3.8) is 0 Å². The second kappa shape index (κ2) is 6.69. The number of nitrogens with one attached hydrogen (secondary N) is 1. The van der Waals surface area contributed by atoms with Gasteiger partial charge in [-0.05, 0) is 18.4 Å². The highest BCUT2D eigenvalue weighted by atomic mass is 16.6. The topological polar surface area (TPSA) is 113 Å². The van der Waals surface area contributed by atoms with Crippen molar-refractivity contribution in [1.82, 2.24) is 0 Å². The van der Waals surface area contributed by atoms with Gasteiger partial charge in [0.15, 0.2) is 0 Å². The van der Waals surface area contributed by atoms with Crippen molar-refractivity contribution in [2.45, 2.75) is 13.3 Å². The molecule has 1 aromatic rings. The molecule has 1 rings (SSSR count). The number of rotatable bonds is 7. The molecule has 7 heteroatoms. The van der Waals surface area contributed by atoms with Gasteiger partial charge in [0.1, 0.15) is 5.69 Å². The third kappa shape index (κ3) is 3.92. The maximum Gasteiger partial charge on any atom is 0.338 e. The van der Waals surface area contributed by atoms with Gasteiger partial charge in [0.2, 0.25) is 0 Å². The zero-order valence-corrected chi connectivity index (χ0v) is 10.5. The molecule has 7 nitrogen and oxygen atoms in total. The monoisotopic (exact) mass is 268 g/mol. The molecular formula is C12H16N2O5. The van der Waals surface area contributed by atoms with Crippen LogP contribution in [0.4, 0.5) is 11.4 Å². The molecule has 0 radical (unpaired) electrons. The lowest BCUT2D eigenvalue weighted by molar-refractivity contribution is -0.384. The van der Waals surface area contributed by atoms with Crippen LogP contribution in [-0.4, -0.2) is 34.3 Å². The van der Waals surface area contributed by atoms with Crippen LogP contribution in [0.1, 0.15) is 23.7 Å². The van der Waals surface area contributed by atoms with Gasteiger partial charge < -0.3 is 15.5 Å². The molecule has 0 aliphatic rings. The van der Waals surface area contributed by atoms with Crippen LogP contribution in [0, 0.1) is 16.0 Å². The van der Waals surface area contributed by atoms with Crippen LogP contribution in [0.2, 0.25) is 0 Å². The van der Waals surface area contributed by atoms with E-state index in [1.54, 1.807) is 0 Å². The number of anilines is 1. The Morgan fingerprint density at radius 1 is 1.53 bits per heavy atom. The van der Waals surface area contributed by atoms with Gasteiger partial charge in [0.25, 0.3) is 5.69 Å². The van der Waals surface area contributed by atoms with Crippen LogP contribution in [0.3, 0.4) is 0 Å². The summed E-state index contributed by atoms with van der Waals surface area (Å²) in [4.78, 5) is 21.3. The van der Waals surface area contributed by atoms with E-state index in [1.807, 2.05) is 6.92 Å². The molecule has 1 aromatic carbocycles. The fraction of sp³-hybridized carbons (Fsp3) is 0.417. The molecular weight excluding hydrogens is 252 g/mol. The lowest BCUT2D eigenvalue weighted by Gasteiger charge is -2.14. The predicted octanol–water partition coefficient (Wildman–Crippen LogP) is 1.72. The van der Waals surface area contributed by atoms with Crippen LogP contribution in [0.25, 0.3) is 0 Å². The number of para-hydroxylation sites is 1. The Morgan fingerprint density at radius 2 is 2.21 bits per heavy atom. The van der Waals surface area contributed by atoms with E-state index in [2.05, 4.69) is 5.32 Å². The Kier molecular flexibility index (Phi) is 5.25. The van der Waals surface area contributed by atoms with E-state index in [9.17, 15) is 14.9 Å². The first kappa shape index (κ1) is 14.9. The van der Waals surface area contributed by atoms with Crippen molar-refractivity contribution in [2.24, 2.45) is 5.92 Å². The predicted molar refractivity (Wildman–Crippen MR) is 69.4 cm³/mol. The minimum Gasteiger partial charge on any atom is -0.478 e. The van der Waals surface area contributed by atoms with Crippen LogP contribution in [0.15, 0.2) is 18.2 Å². The fourth-order valence-corrected chi connectivity index (χ4v) is 1.66. The molecule has 0 aliphatic carbocycles. The normalized spacial score (nSPS) is 11.9. The maximum atomic E-state index is 11.1. The number of carboxylic acids is 1. The second-order valence-corrected chi connectivity index (χ2v) is 4.26. The third-order valence-corrected chi connectivity index (χ3v) is 2.72. The van der Waals surface area contributed by atoms with Gasteiger partial charge in [0, 0.05) is 19.2 Å². The molecule has 0 saturated carbocycles. The second-order valence-electron chi connectivity index (χ2n) is 4.26. The quantitative estimate of drug-likeness (QED) is 0.512. The minimum absolute atomic E-state index is 0.00443. The largest absolute Gasteiger partial charge is 0.478 e. The number of nitro benzene ring substituents is 1. The van der Waals surface area contributed by atoms with E-state index < -0.39 is 10.9 Å². The van der Waals surface area contributed by atoms with E-state index >= 15 is 0 Å².